The van der Waals surface area contributed by atoms with Gasteiger partial charge in [0.05, 0.1) is 0 Å². The van der Waals surface area contributed by atoms with Crippen molar-refractivity contribution in [2.45, 2.75) is 25.7 Å². The van der Waals surface area contributed by atoms with Crippen LogP contribution in [0.15, 0.2) is 28.7 Å². The first-order valence-electron chi connectivity index (χ1n) is 4.59. The van der Waals surface area contributed by atoms with Gasteiger partial charge >= 0.3 is 0 Å². The smallest absolute Gasteiger partial charge is 0.0207 e. The molecular formula is C11H13Br. The second kappa shape index (κ2) is 3.61. The molecule has 0 spiro atoms. The zero-order valence-electron chi connectivity index (χ0n) is 7.09. The molecular weight excluding hydrogens is 212 g/mol. The summed E-state index contributed by atoms with van der Waals surface area (Å²) in [5.74, 6) is 0.962. The minimum Gasteiger partial charge on any atom is -0.0619 e. The van der Waals surface area contributed by atoms with Crippen LogP contribution in [0.1, 0.15) is 24.8 Å². The average molecular weight is 225 g/mol. The van der Waals surface area contributed by atoms with Gasteiger partial charge in [-0.05, 0) is 24.0 Å². The van der Waals surface area contributed by atoms with Crippen LogP contribution < -0.4 is 0 Å². The van der Waals surface area contributed by atoms with Gasteiger partial charge in [0.15, 0.2) is 0 Å². The van der Waals surface area contributed by atoms with Crippen LogP contribution in [0, 0.1) is 5.92 Å². The van der Waals surface area contributed by atoms with Crippen LogP contribution in [0.5, 0.6) is 0 Å². The second-order valence-electron chi connectivity index (χ2n) is 3.59. The highest BCUT2D eigenvalue weighted by atomic mass is 79.9. The number of halogens is 1. The van der Waals surface area contributed by atoms with Gasteiger partial charge in [0.2, 0.25) is 0 Å². The highest BCUT2D eigenvalue weighted by molar-refractivity contribution is 9.10. The first kappa shape index (κ1) is 8.31. The Bertz CT molecular complexity index is 263. The van der Waals surface area contributed by atoms with E-state index in [1.807, 2.05) is 0 Å². The third kappa shape index (κ3) is 1.71. The Balaban J connectivity index is 2.06. The number of benzene rings is 1. The predicted molar refractivity (Wildman–Crippen MR) is 55.2 cm³/mol. The summed E-state index contributed by atoms with van der Waals surface area (Å²) < 4.78 is 1.27. The summed E-state index contributed by atoms with van der Waals surface area (Å²) in [6, 6.07) is 8.56. The second-order valence-corrected chi connectivity index (χ2v) is 4.45. The van der Waals surface area contributed by atoms with Gasteiger partial charge in [-0.15, -0.1) is 0 Å². The van der Waals surface area contributed by atoms with Crippen molar-refractivity contribution in [2.24, 2.45) is 5.92 Å². The monoisotopic (exact) mass is 224 g/mol. The zero-order valence-corrected chi connectivity index (χ0v) is 8.68. The lowest BCUT2D eigenvalue weighted by atomic mass is 9.81. The minimum atomic E-state index is 0.962. The molecule has 1 aliphatic carbocycles. The van der Waals surface area contributed by atoms with Gasteiger partial charge in [0, 0.05) is 4.47 Å². The van der Waals surface area contributed by atoms with Gasteiger partial charge in [0.25, 0.3) is 0 Å². The average Bonchev–Trinajstić information content (AvgIpc) is 2.00. The van der Waals surface area contributed by atoms with Crippen LogP contribution in [0.4, 0.5) is 0 Å². The van der Waals surface area contributed by atoms with Crippen LogP contribution in [0.3, 0.4) is 0 Å². The third-order valence-corrected chi connectivity index (χ3v) is 3.46. The Morgan fingerprint density at radius 3 is 2.58 bits per heavy atom. The summed E-state index contributed by atoms with van der Waals surface area (Å²) in [5, 5.41) is 0. The number of rotatable bonds is 2. The van der Waals surface area contributed by atoms with Crippen molar-refractivity contribution in [3.63, 3.8) is 0 Å². The fourth-order valence-corrected chi connectivity index (χ4v) is 2.12. The topological polar surface area (TPSA) is 0 Å². The molecule has 1 aromatic carbocycles. The number of hydrogen-bond donors (Lipinski definition) is 0. The van der Waals surface area contributed by atoms with E-state index < -0.39 is 0 Å². The molecule has 0 bridgehead atoms. The molecule has 1 heteroatoms. The molecule has 0 heterocycles. The SMILES string of the molecule is Brc1ccccc1CC1CCC1. The van der Waals surface area contributed by atoms with E-state index in [0.29, 0.717) is 0 Å². The molecule has 12 heavy (non-hydrogen) atoms. The zero-order chi connectivity index (χ0) is 8.39. The molecule has 0 radical (unpaired) electrons. The van der Waals surface area contributed by atoms with Crippen molar-refractivity contribution in [3.05, 3.63) is 34.3 Å². The van der Waals surface area contributed by atoms with E-state index in [1.54, 1.807) is 0 Å². The largest absolute Gasteiger partial charge is 0.0619 e. The van der Waals surface area contributed by atoms with Crippen LogP contribution >= 0.6 is 15.9 Å². The first-order chi connectivity index (χ1) is 5.86. The molecule has 0 unspecified atom stereocenters. The Morgan fingerprint density at radius 2 is 2.00 bits per heavy atom. The van der Waals surface area contributed by atoms with Crippen molar-refractivity contribution in [1.82, 2.24) is 0 Å². The van der Waals surface area contributed by atoms with Gasteiger partial charge in [0.1, 0.15) is 0 Å². The molecule has 0 amide bonds. The van der Waals surface area contributed by atoms with Crippen LogP contribution in [-0.2, 0) is 6.42 Å². The van der Waals surface area contributed by atoms with E-state index in [-0.39, 0.29) is 0 Å². The van der Waals surface area contributed by atoms with Crippen molar-refractivity contribution < 1.29 is 0 Å². The maximum Gasteiger partial charge on any atom is 0.0207 e. The standard InChI is InChI=1S/C11H13Br/c12-11-7-2-1-6-10(11)8-9-4-3-5-9/h1-2,6-7,9H,3-5,8H2. The fourth-order valence-electron chi connectivity index (χ4n) is 1.67. The lowest BCUT2D eigenvalue weighted by Crippen LogP contribution is -2.13. The van der Waals surface area contributed by atoms with Crippen molar-refractivity contribution >= 4 is 15.9 Å². The predicted octanol–water partition coefficient (Wildman–Crippen LogP) is 3.79. The maximum absolute atomic E-state index is 3.58. The first-order valence-corrected chi connectivity index (χ1v) is 5.39. The molecule has 0 nitrogen and oxygen atoms in total. The molecule has 0 aromatic heterocycles. The van der Waals surface area contributed by atoms with E-state index in [1.165, 1.54) is 35.7 Å². The highest BCUT2D eigenvalue weighted by Gasteiger charge is 2.18. The fraction of sp³-hybridized carbons (Fsp3) is 0.455. The van der Waals surface area contributed by atoms with Gasteiger partial charge in [-0.25, -0.2) is 0 Å². The highest BCUT2D eigenvalue weighted by Crippen LogP contribution is 2.31. The van der Waals surface area contributed by atoms with Crippen LogP contribution in [0.2, 0.25) is 0 Å². The van der Waals surface area contributed by atoms with Gasteiger partial charge in [-0.1, -0.05) is 53.4 Å². The van der Waals surface area contributed by atoms with E-state index >= 15 is 0 Å². The molecule has 1 aliphatic rings. The van der Waals surface area contributed by atoms with Gasteiger partial charge in [-0.3, -0.25) is 0 Å². The van der Waals surface area contributed by atoms with Crippen LogP contribution in [0.25, 0.3) is 0 Å². The molecule has 64 valence electrons. The molecule has 1 saturated carbocycles. The van der Waals surface area contributed by atoms with Crippen molar-refractivity contribution in [3.8, 4) is 0 Å². The third-order valence-electron chi connectivity index (χ3n) is 2.69. The summed E-state index contributed by atoms with van der Waals surface area (Å²) in [7, 11) is 0. The summed E-state index contributed by atoms with van der Waals surface area (Å²) >= 11 is 3.58. The van der Waals surface area contributed by atoms with Gasteiger partial charge < -0.3 is 0 Å². The molecule has 0 atom stereocenters. The Morgan fingerprint density at radius 1 is 1.25 bits per heavy atom. The number of hydrogen-bond acceptors (Lipinski definition) is 0. The molecule has 0 saturated heterocycles. The summed E-state index contributed by atoms with van der Waals surface area (Å²) in [6.45, 7) is 0. The molecule has 1 fully saturated rings. The molecule has 0 aliphatic heterocycles. The van der Waals surface area contributed by atoms with Gasteiger partial charge in [-0.2, -0.15) is 0 Å². The van der Waals surface area contributed by atoms with Crippen LogP contribution in [-0.4, -0.2) is 0 Å². The van der Waals surface area contributed by atoms with E-state index in [0.717, 1.165) is 5.92 Å². The quantitative estimate of drug-likeness (QED) is 0.718. The lowest BCUT2D eigenvalue weighted by Gasteiger charge is -2.25. The Labute approximate surface area is 82.1 Å². The Hall–Kier alpha value is -0.300. The summed E-state index contributed by atoms with van der Waals surface area (Å²) in [5.41, 5.74) is 1.47. The van der Waals surface area contributed by atoms with E-state index in [4.69, 9.17) is 0 Å². The lowest BCUT2D eigenvalue weighted by molar-refractivity contribution is 0.314. The minimum absolute atomic E-state index is 0.962. The molecule has 1 aromatic rings. The summed E-state index contributed by atoms with van der Waals surface area (Å²) in [6.07, 6.45) is 5.57. The summed E-state index contributed by atoms with van der Waals surface area (Å²) in [4.78, 5) is 0. The van der Waals surface area contributed by atoms with E-state index in [2.05, 4.69) is 40.2 Å². The maximum atomic E-state index is 3.58. The normalized spacial score (nSPS) is 17.4. The van der Waals surface area contributed by atoms with E-state index in [9.17, 15) is 0 Å². The Kier molecular flexibility index (Phi) is 2.50. The van der Waals surface area contributed by atoms with Crippen molar-refractivity contribution in [1.29, 1.82) is 0 Å². The molecule has 2 rings (SSSR count). The van der Waals surface area contributed by atoms with Crippen molar-refractivity contribution in [2.75, 3.05) is 0 Å². The molecule has 0 N–H and O–H groups in total.